The van der Waals surface area contributed by atoms with Gasteiger partial charge in [-0.05, 0) is 25.3 Å². The van der Waals surface area contributed by atoms with Crippen LogP contribution in [0.4, 0.5) is 4.79 Å². The first kappa shape index (κ1) is 19.8. The number of hydroxylamine groups is 3. The topological polar surface area (TPSA) is 138 Å². The Morgan fingerprint density at radius 2 is 2.12 bits per heavy atom. The van der Waals surface area contributed by atoms with Crippen molar-refractivity contribution in [2.75, 3.05) is 26.2 Å². The Balaban J connectivity index is 1.80. The molecule has 2 aliphatic rings. The minimum Gasteiger partial charge on any atom is -0.314 e. The van der Waals surface area contributed by atoms with Crippen LogP contribution in [0, 0.1) is 5.92 Å². The van der Waals surface area contributed by atoms with Crippen LogP contribution in [0.5, 0.6) is 0 Å². The van der Waals surface area contributed by atoms with Crippen molar-refractivity contribution in [3.63, 3.8) is 0 Å². The van der Waals surface area contributed by atoms with E-state index < -0.39 is 34.4 Å². The van der Waals surface area contributed by atoms with Crippen LogP contribution < -0.4 is 10.8 Å². The van der Waals surface area contributed by atoms with Gasteiger partial charge in [0.15, 0.2) is 0 Å². The number of rotatable bonds is 9. The van der Waals surface area contributed by atoms with Gasteiger partial charge in [0.25, 0.3) is 5.91 Å². The fraction of sp³-hybridized carbons (Fsp3) is 0.846. The Hall–Kier alpha value is -1.47. The first-order valence-electron chi connectivity index (χ1n) is 8.08. The molecule has 0 aliphatic carbocycles. The number of fused-ring (bicyclic) bond motifs is 2. The van der Waals surface area contributed by atoms with Crippen molar-refractivity contribution >= 4 is 22.3 Å². The minimum absolute atomic E-state index is 0.141. The Morgan fingerprint density at radius 3 is 2.76 bits per heavy atom. The highest BCUT2D eigenvalue weighted by atomic mass is 32.3. The maximum absolute atomic E-state index is 12.2. The molecule has 2 rings (SSSR count). The van der Waals surface area contributed by atoms with E-state index in [0.29, 0.717) is 30.4 Å². The third kappa shape index (κ3) is 5.51. The van der Waals surface area contributed by atoms with E-state index in [2.05, 4.69) is 28.9 Å². The van der Waals surface area contributed by atoms with Gasteiger partial charge in [-0.2, -0.15) is 13.5 Å². The van der Waals surface area contributed by atoms with E-state index in [4.69, 9.17) is 9.39 Å². The first-order chi connectivity index (χ1) is 11.7. The average Bonchev–Trinajstić information content (AvgIpc) is 2.74. The summed E-state index contributed by atoms with van der Waals surface area (Å²) in [4.78, 5) is 30.7. The summed E-state index contributed by atoms with van der Waals surface area (Å²) in [6.45, 7) is 5.99. The monoisotopic (exact) mass is 380 g/mol. The molecular weight excluding hydrogens is 356 g/mol. The van der Waals surface area contributed by atoms with Crippen molar-refractivity contribution in [2.24, 2.45) is 5.92 Å². The molecule has 144 valence electrons. The second-order valence-electron chi connectivity index (χ2n) is 6.42. The summed E-state index contributed by atoms with van der Waals surface area (Å²) < 4.78 is 34.7. The van der Waals surface area contributed by atoms with Crippen molar-refractivity contribution in [2.45, 2.75) is 38.8 Å². The van der Waals surface area contributed by atoms with Crippen LogP contribution >= 0.6 is 0 Å². The lowest BCUT2D eigenvalue weighted by Gasteiger charge is -2.28. The summed E-state index contributed by atoms with van der Waals surface area (Å²) in [5.74, 6) is 0.0308. The number of nitrogens with zero attached hydrogens (tertiary/aromatic N) is 2. The second-order valence-corrected chi connectivity index (χ2v) is 7.43. The van der Waals surface area contributed by atoms with Crippen LogP contribution in [0.15, 0.2) is 0 Å². The molecule has 2 fully saturated rings. The molecule has 0 saturated carbocycles. The number of hydrogen-bond acceptors (Lipinski definition) is 7. The van der Waals surface area contributed by atoms with E-state index in [1.807, 2.05) is 0 Å². The van der Waals surface area contributed by atoms with Crippen LogP contribution in [-0.2, 0) is 24.3 Å². The molecular formula is C13H24N4O7S. The molecule has 0 spiro atoms. The highest BCUT2D eigenvalue weighted by molar-refractivity contribution is 7.80. The predicted molar refractivity (Wildman–Crippen MR) is 85.2 cm³/mol. The number of amides is 3. The third-order valence-corrected chi connectivity index (χ3v) is 4.26. The SMILES string of the molecule is CC(C)CNCCONC(=O)[C@@H]1CC[C@H]2CN1C(=O)N2OS(=O)(=O)O. The highest BCUT2D eigenvalue weighted by Gasteiger charge is 2.49. The molecule has 2 bridgehead atoms. The standard InChI is InChI=1S/C13H24N4O7S/c1-9(2)7-14-5-6-23-15-12(18)11-4-3-10-8-16(11)13(19)17(10)24-25(20,21)22/h9-11,14H,3-8H2,1-2H3,(H,15,18)(H,20,21,22)/t10-,11-/m0/s1. The Morgan fingerprint density at radius 1 is 1.40 bits per heavy atom. The van der Waals surface area contributed by atoms with Gasteiger partial charge in [-0.3, -0.25) is 14.2 Å². The number of nitrogens with one attached hydrogen (secondary N) is 2. The largest absolute Gasteiger partial charge is 0.418 e. The molecule has 11 nitrogen and oxygen atoms in total. The minimum atomic E-state index is -4.80. The van der Waals surface area contributed by atoms with E-state index >= 15 is 0 Å². The van der Waals surface area contributed by atoms with Gasteiger partial charge >= 0.3 is 16.4 Å². The van der Waals surface area contributed by atoms with Gasteiger partial charge in [-0.15, -0.1) is 4.28 Å². The maximum Gasteiger partial charge on any atom is 0.418 e. The second kappa shape index (κ2) is 8.27. The van der Waals surface area contributed by atoms with Gasteiger partial charge in [0.1, 0.15) is 6.04 Å². The molecule has 2 heterocycles. The molecule has 3 N–H and O–H groups in total. The summed E-state index contributed by atoms with van der Waals surface area (Å²) in [6, 6.07) is -2.08. The lowest BCUT2D eigenvalue weighted by atomic mass is 10.0. The molecule has 2 atom stereocenters. The van der Waals surface area contributed by atoms with Gasteiger partial charge in [0.05, 0.1) is 12.6 Å². The van der Waals surface area contributed by atoms with Crippen molar-refractivity contribution in [1.29, 1.82) is 0 Å². The molecule has 12 heteroatoms. The fourth-order valence-corrected chi connectivity index (χ4v) is 3.20. The van der Waals surface area contributed by atoms with Crippen LogP contribution in [0.3, 0.4) is 0 Å². The van der Waals surface area contributed by atoms with E-state index in [1.54, 1.807) is 0 Å². The number of hydrogen-bond donors (Lipinski definition) is 3. The van der Waals surface area contributed by atoms with Gasteiger partial charge in [0.2, 0.25) is 0 Å². The molecule has 2 aliphatic heterocycles. The summed E-state index contributed by atoms with van der Waals surface area (Å²) in [5, 5.41) is 3.75. The summed E-state index contributed by atoms with van der Waals surface area (Å²) in [6.07, 6.45) is 0.703. The van der Waals surface area contributed by atoms with Crippen molar-refractivity contribution in [3.05, 3.63) is 0 Å². The normalized spacial score (nSPS) is 23.4. The Kier molecular flexibility index (Phi) is 6.57. The predicted octanol–water partition coefficient (Wildman–Crippen LogP) is -0.717. The zero-order valence-electron chi connectivity index (χ0n) is 14.2. The zero-order valence-corrected chi connectivity index (χ0v) is 15.0. The summed E-state index contributed by atoms with van der Waals surface area (Å²) >= 11 is 0. The van der Waals surface area contributed by atoms with Crippen molar-refractivity contribution in [1.82, 2.24) is 20.8 Å². The number of piperidine rings is 1. The van der Waals surface area contributed by atoms with Crippen LogP contribution in [0.25, 0.3) is 0 Å². The van der Waals surface area contributed by atoms with Crippen LogP contribution in [0.1, 0.15) is 26.7 Å². The average molecular weight is 380 g/mol. The molecule has 0 aromatic carbocycles. The smallest absolute Gasteiger partial charge is 0.314 e. The summed E-state index contributed by atoms with van der Waals surface area (Å²) in [7, 11) is -4.80. The number of carbonyl (C=O) groups is 2. The Bertz CT molecular complexity index is 597. The quantitative estimate of drug-likeness (QED) is 0.271. The molecule has 0 aromatic rings. The van der Waals surface area contributed by atoms with Crippen molar-refractivity contribution in [3.8, 4) is 0 Å². The van der Waals surface area contributed by atoms with E-state index in [-0.39, 0.29) is 13.2 Å². The van der Waals surface area contributed by atoms with Gasteiger partial charge in [-0.25, -0.2) is 10.3 Å². The molecule has 0 radical (unpaired) electrons. The van der Waals surface area contributed by atoms with Gasteiger partial charge < -0.3 is 10.2 Å². The maximum atomic E-state index is 12.2. The number of urea groups is 1. The van der Waals surface area contributed by atoms with E-state index in [0.717, 1.165) is 6.54 Å². The van der Waals surface area contributed by atoms with Gasteiger partial charge in [-0.1, -0.05) is 13.8 Å². The zero-order chi connectivity index (χ0) is 18.6. The van der Waals surface area contributed by atoms with Crippen LogP contribution in [0.2, 0.25) is 0 Å². The van der Waals surface area contributed by atoms with Crippen molar-refractivity contribution < 1.29 is 31.7 Å². The number of carbonyl (C=O) groups excluding carboxylic acids is 2. The van der Waals surface area contributed by atoms with E-state index in [1.165, 1.54) is 4.90 Å². The lowest BCUT2D eigenvalue weighted by Crippen LogP contribution is -2.50. The molecule has 2 saturated heterocycles. The molecule has 0 aromatic heterocycles. The molecule has 0 unspecified atom stereocenters. The fourth-order valence-electron chi connectivity index (χ4n) is 2.81. The van der Waals surface area contributed by atoms with Crippen LogP contribution in [-0.4, -0.2) is 73.2 Å². The summed E-state index contributed by atoms with van der Waals surface area (Å²) in [5.41, 5.74) is 2.31. The first-order valence-corrected chi connectivity index (χ1v) is 9.44. The Labute approximate surface area is 146 Å². The molecule has 3 amide bonds. The lowest BCUT2D eigenvalue weighted by molar-refractivity contribution is -0.138. The molecule has 25 heavy (non-hydrogen) atoms. The third-order valence-electron chi connectivity index (χ3n) is 3.91. The van der Waals surface area contributed by atoms with E-state index in [9.17, 15) is 18.0 Å². The highest BCUT2D eigenvalue weighted by Crippen LogP contribution is 2.30. The van der Waals surface area contributed by atoms with Gasteiger partial charge in [0, 0.05) is 13.1 Å².